The number of hydrogen-bond acceptors (Lipinski definition) is 4. The minimum Gasteiger partial charge on any atom is -0.350 e. The highest BCUT2D eigenvalue weighted by atomic mass is 35.5. The van der Waals surface area contributed by atoms with Gasteiger partial charge in [0.15, 0.2) is 9.84 Å². The highest BCUT2D eigenvalue weighted by molar-refractivity contribution is 7.92. The van der Waals surface area contributed by atoms with E-state index in [1.54, 1.807) is 0 Å². The van der Waals surface area contributed by atoms with E-state index in [2.05, 4.69) is 5.32 Å². The second-order valence-corrected chi connectivity index (χ2v) is 8.56. The number of sulfone groups is 1. The molecule has 1 rings (SSSR count). The Labute approximate surface area is 128 Å². The van der Waals surface area contributed by atoms with Crippen LogP contribution >= 0.6 is 12.4 Å². The van der Waals surface area contributed by atoms with Crippen LogP contribution in [-0.2, 0) is 14.6 Å². The predicted octanol–water partition coefficient (Wildman–Crippen LogP) is 1.26. The molecule has 0 aliphatic heterocycles. The van der Waals surface area contributed by atoms with Crippen LogP contribution in [-0.4, -0.2) is 37.9 Å². The molecule has 3 N–H and O–H groups in total. The number of hydrogen-bond donors (Lipinski definition) is 2. The molecule has 1 atom stereocenters. The van der Waals surface area contributed by atoms with Crippen molar-refractivity contribution >= 4 is 28.2 Å². The Morgan fingerprint density at radius 2 is 1.80 bits per heavy atom. The third kappa shape index (κ3) is 4.60. The molecule has 20 heavy (non-hydrogen) atoms. The van der Waals surface area contributed by atoms with Crippen LogP contribution in [0.15, 0.2) is 0 Å². The van der Waals surface area contributed by atoms with E-state index in [4.69, 9.17) is 5.73 Å². The van der Waals surface area contributed by atoms with Crippen molar-refractivity contribution in [1.29, 1.82) is 0 Å². The number of nitrogens with two attached hydrogens (primary N) is 1. The van der Waals surface area contributed by atoms with Crippen molar-refractivity contribution in [2.45, 2.75) is 56.7 Å². The zero-order valence-corrected chi connectivity index (χ0v) is 14.1. The van der Waals surface area contributed by atoms with Crippen molar-refractivity contribution in [3.8, 4) is 0 Å². The molecule has 0 aromatic rings. The molecule has 0 aromatic carbocycles. The molecule has 1 amide bonds. The molecule has 7 heteroatoms. The smallest absolute Gasteiger partial charge is 0.241 e. The number of amides is 1. The molecule has 1 fully saturated rings. The predicted molar refractivity (Wildman–Crippen MR) is 83.7 cm³/mol. The number of rotatable bonds is 5. The summed E-state index contributed by atoms with van der Waals surface area (Å²) in [7, 11) is -3.44. The first-order chi connectivity index (χ1) is 8.70. The van der Waals surface area contributed by atoms with Gasteiger partial charge >= 0.3 is 0 Å². The van der Waals surface area contributed by atoms with Crippen LogP contribution in [0, 0.1) is 5.92 Å². The van der Waals surface area contributed by atoms with E-state index in [0.29, 0.717) is 12.5 Å². The van der Waals surface area contributed by atoms with Crippen molar-refractivity contribution < 1.29 is 13.2 Å². The topological polar surface area (TPSA) is 89.3 Å². The van der Waals surface area contributed by atoms with Gasteiger partial charge in [0, 0.05) is 18.8 Å². The maximum Gasteiger partial charge on any atom is 0.241 e. The van der Waals surface area contributed by atoms with E-state index in [9.17, 15) is 13.2 Å². The maximum atomic E-state index is 12.2. The van der Waals surface area contributed by atoms with Gasteiger partial charge in [-0.25, -0.2) is 8.42 Å². The van der Waals surface area contributed by atoms with Crippen molar-refractivity contribution in [3.05, 3.63) is 0 Å². The highest BCUT2D eigenvalue weighted by Crippen LogP contribution is 2.27. The van der Waals surface area contributed by atoms with Crippen LogP contribution in [0.3, 0.4) is 0 Å². The van der Waals surface area contributed by atoms with Crippen molar-refractivity contribution in [3.63, 3.8) is 0 Å². The van der Waals surface area contributed by atoms with Gasteiger partial charge in [-0.05, 0) is 32.6 Å². The summed E-state index contributed by atoms with van der Waals surface area (Å²) in [5.41, 5.74) is 5.74. The quantitative estimate of drug-likeness (QED) is 0.795. The molecule has 0 heterocycles. The Kier molecular flexibility index (Phi) is 7.49. The number of nitrogens with one attached hydrogen (secondary N) is 1. The van der Waals surface area contributed by atoms with Crippen molar-refractivity contribution in [2.75, 3.05) is 12.8 Å². The Morgan fingerprint density at radius 3 is 2.20 bits per heavy atom. The molecule has 0 bridgehead atoms. The summed E-state index contributed by atoms with van der Waals surface area (Å²) >= 11 is 0. The van der Waals surface area contributed by atoms with Gasteiger partial charge in [-0.15, -0.1) is 12.4 Å². The van der Waals surface area contributed by atoms with Gasteiger partial charge in [-0.2, -0.15) is 0 Å². The largest absolute Gasteiger partial charge is 0.350 e. The minimum absolute atomic E-state index is 0. The lowest BCUT2D eigenvalue weighted by Gasteiger charge is -2.32. The van der Waals surface area contributed by atoms with Crippen LogP contribution in [0.2, 0.25) is 0 Å². The molecule has 120 valence electrons. The lowest BCUT2D eigenvalue weighted by atomic mass is 9.83. The fourth-order valence-corrected chi connectivity index (χ4v) is 2.81. The standard InChI is InChI=1S/C13H26N2O3S.ClH/c1-13(2,19(3,17)18)12(16)15-11(9-14)10-7-5-4-6-8-10;/h10-11H,4-9,14H2,1-3H3,(H,15,16);1H. The molecule has 5 nitrogen and oxygen atoms in total. The summed E-state index contributed by atoms with van der Waals surface area (Å²) in [4.78, 5) is 12.2. The fraction of sp³-hybridized carbons (Fsp3) is 0.923. The van der Waals surface area contributed by atoms with Crippen molar-refractivity contribution in [1.82, 2.24) is 5.32 Å². The van der Waals surface area contributed by atoms with E-state index in [1.165, 1.54) is 20.3 Å². The Bertz CT molecular complexity index is 417. The molecule has 1 aliphatic rings. The van der Waals surface area contributed by atoms with Crippen LogP contribution in [0.4, 0.5) is 0 Å². The van der Waals surface area contributed by atoms with Gasteiger partial charge in [0.2, 0.25) is 5.91 Å². The summed E-state index contributed by atoms with van der Waals surface area (Å²) in [5.74, 6) is -0.0749. The van der Waals surface area contributed by atoms with Crippen molar-refractivity contribution in [2.24, 2.45) is 11.7 Å². The molecule has 1 aliphatic carbocycles. The van der Waals surface area contributed by atoms with Gasteiger partial charge in [-0.3, -0.25) is 4.79 Å². The van der Waals surface area contributed by atoms with E-state index in [0.717, 1.165) is 31.9 Å². The third-order valence-electron chi connectivity index (χ3n) is 4.26. The molecule has 1 saturated carbocycles. The maximum absolute atomic E-state index is 12.2. The van der Waals surface area contributed by atoms with Gasteiger partial charge in [-0.1, -0.05) is 19.3 Å². The lowest BCUT2D eigenvalue weighted by Crippen LogP contribution is -2.54. The molecule has 0 saturated heterocycles. The number of carbonyl (C=O) groups is 1. The summed E-state index contributed by atoms with van der Waals surface area (Å²) in [5, 5.41) is 2.84. The fourth-order valence-electron chi connectivity index (χ4n) is 2.42. The minimum atomic E-state index is -3.44. The zero-order chi connectivity index (χ0) is 14.7. The van der Waals surface area contributed by atoms with Crippen LogP contribution in [0.5, 0.6) is 0 Å². The van der Waals surface area contributed by atoms with E-state index in [-0.39, 0.29) is 18.4 Å². The van der Waals surface area contributed by atoms with Gasteiger partial charge in [0.1, 0.15) is 4.75 Å². The van der Waals surface area contributed by atoms with E-state index in [1.807, 2.05) is 0 Å². The van der Waals surface area contributed by atoms with Gasteiger partial charge in [0.25, 0.3) is 0 Å². The Balaban J connectivity index is 0.00000361. The first-order valence-electron chi connectivity index (χ1n) is 6.90. The average molecular weight is 327 g/mol. The van der Waals surface area contributed by atoms with Crippen LogP contribution in [0.25, 0.3) is 0 Å². The summed E-state index contributed by atoms with van der Waals surface area (Å²) in [6.45, 7) is 3.23. The zero-order valence-electron chi connectivity index (χ0n) is 12.5. The number of carbonyl (C=O) groups excluding carboxylic acids is 1. The second-order valence-electron chi connectivity index (χ2n) is 6.00. The second kappa shape index (κ2) is 7.61. The summed E-state index contributed by atoms with van der Waals surface area (Å²) in [6, 6.07) is -0.117. The van der Waals surface area contributed by atoms with Crippen LogP contribution < -0.4 is 11.1 Å². The first-order valence-corrected chi connectivity index (χ1v) is 8.80. The molecule has 0 spiro atoms. The van der Waals surface area contributed by atoms with Crippen LogP contribution in [0.1, 0.15) is 46.0 Å². The normalized spacial score (nSPS) is 19.0. The van der Waals surface area contributed by atoms with E-state index >= 15 is 0 Å². The summed E-state index contributed by atoms with van der Waals surface area (Å²) in [6.07, 6.45) is 6.75. The molecule has 0 aromatic heterocycles. The SMILES string of the molecule is CC(C)(C(=O)NC(CN)C1CCCCC1)S(C)(=O)=O.Cl. The lowest BCUT2D eigenvalue weighted by molar-refractivity contribution is -0.124. The average Bonchev–Trinajstić information content (AvgIpc) is 2.35. The summed E-state index contributed by atoms with van der Waals surface area (Å²) < 4.78 is 21.9. The Morgan fingerprint density at radius 1 is 1.30 bits per heavy atom. The van der Waals surface area contributed by atoms with E-state index < -0.39 is 20.5 Å². The Hall–Kier alpha value is -0.330. The first kappa shape index (κ1) is 19.7. The van der Waals surface area contributed by atoms with Gasteiger partial charge in [0.05, 0.1) is 0 Å². The molecule has 1 unspecified atom stereocenters. The number of halogens is 1. The monoisotopic (exact) mass is 326 g/mol. The molecular formula is C13H27ClN2O3S. The third-order valence-corrected chi connectivity index (χ3v) is 6.30. The van der Waals surface area contributed by atoms with Gasteiger partial charge < -0.3 is 11.1 Å². The molecule has 0 radical (unpaired) electrons. The molecular weight excluding hydrogens is 300 g/mol. The highest BCUT2D eigenvalue weighted by Gasteiger charge is 2.40.